The lowest BCUT2D eigenvalue weighted by atomic mass is 10.1. The first-order valence-corrected chi connectivity index (χ1v) is 6.99. The molecule has 3 heterocycles. The molecule has 4 nitrogen and oxygen atoms in total. The fraction of sp³-hybridized carbons (Fsp3) is 0.385. The van der Waals surface area contributed by atoms with Crippen LogP contribution in [0.3, 0.4) is 0 Å². The largest absolute Gasteiger partial charge is 0.313 e. The molecule has 0 amide bonds. The van der Waals surface area contributed by atoms with Gasteiger partial charge in [0.1, 0.15) is 5.01 Å². The van der Waals surface area contributed by atoms with Crippen LogP contribution in [0.2, 0.25) is 0 Å². The van der Waals surface area contributed by atoms with Crippen LogP contribution in [-0.2, 0) is 0 Å². The van der Waals surface area contributed by atoms with Crippen molar-refractivity contribution < 1.29 is 0 Å². The molecule has 0 bridgehead atoms. The van der Waals surface area contributed by atoms with Crippen LogP contribution in [-0.4, -0.2) is 41.5 Å². The van der Waals surface area contributed by atoms with Crippen molar-refractivity contribution in [3.63, 3.8) is 0 Å². The summed E-state index contributed by atoms with van der Waals surface area (Å²) in [6.07, 6.45) is 3.66. The highest BCUT2D eigenvalue weighted by atomic mass is 32.1. The third-order valence-corrected chi connectivity index (χ3v) is 4.19. The monoisotopic (exact) mass is 260 g/mol. The molecule has 0 aromatic carbocycles. The molecule has 0 spiro atoms. The number of thiazole rings is 1. The maximum atomic E-state index is 4.75. The fourth-order valence-corrected chi connectivity index (χ4v) is 3.05. The standard InChI is InChI=1S/C13H16N4S/c1-17-6-5-15-8-12(17)11-9-18-13(16-11)10-3-2-4-14-7-10/h2-4,7,9,12,15H,5-6,8H2,1H3. The molecule has 1 N–H and O–H groups in total. The predicted molar refractivity (Wildman–Crippen MR) is 73.6 cm³/mol. The lowest BCUT2D eigenvalue weighted by Crippen LogP contribution is -2.43. The minimum absolute atomic E-state index is 0.389. The molecule has 1 unspecified atom stereocenters. The zero-order valence-electron chi connectivity index (χ0n) is 10.3. The second-order valence-corrected chi connectivity index (χ2v) is 5.38. The van der Waals surface area contributed by atoms with Gasteiger partial charge in [-0.25, -0.2) is 4.98 Å². The molecule has 1 aliphatic heterocycles. The van der Waals surface area contributed by atoms with Crippen LogP contribution in [0.5, 0.6) is 0 Å². The summed E-state index contributed by atoms with van der Waals surface area (Å²) in [5.41, 5.74) is 2.26. The first-order chi connectivity index (χ1) is 8.84. The van der Waals surface area contributed by atoms with Crippen molar-refractivity contribution in [1.29, 1.82) is 0 Å². The Morgan fingerprint density at radius 2 is 2.44 bits per heavy atom. The first kappa shape index (κ1) is 11.8. The summed E-state index contributed by atoms with van der Waals surface area (Å²) in [4.78, 5) is 11.3. The zero-order valence-corrected chi connectivity index (χ0v) is 11.2. The maximum Gasteiger partial charge on any atom is 0.125 e. The smallest absolute Gasteiger partial charge is 0.125 e. The second-order valence-electron chi connectivity index (χ2n) is 4.52. The van der Waals surface area contributed by atoms with Gasteiger partial charge in [-0.05, 0) is 19.2 Å². The summed E-state index contributed by atoms with van der Waals surface area (Å²) in [6.45, 7) is 3.11. The van der Waals surface area contributed by atoms with E-state index in [0.717, 1.165) is 35.9 Å². The molecule has 1 fully saturated rings. The van der Waals surface area contributed by atoms with E-state index in [0.29, 0.717) is 6.04 Å². The highest BCUT2D eigenvalue weighted by Crippen LogP contribution is 2.28. The van der Waals surface area contributed by atoms with Gasteiger partial charge in [-0.3, -0.25) is 9.88 Å². The van der Waals surface area contributed by atoms with Crippen LogP contribution in [0.1, 0.15) is 11.7 Å². The molecular weight excluding hydrogens is 244 g/mol. The predicted octanol–water partition coefficient (Wildman–Crippen LogP) is 1.78. The highest BCUT2D eigenvalue weighted by Gasteiger charge is 2.22. The number of rotatable bonds is 2. The molecule has 0 radical (unpaired) electrons. The topological polar surface area (TPSA) is 41.0 Å². The van der Waals surface area contributed by atoms with Gasteiger partial charge in [0.15, 0.2) is 0 Å². The summed E-state index contributed by atoms with van der Waals surface area (Å²) in [5, 5.41) is 6.64. The van der Waals surface area contributed by atoms with Crippen molar-refractivity contribution in [2.45, 2.75) is 6.04 Å². The van der Waals surface area contributed by atoms with E-state index in [1.807, 2.05) is 12.3 Å². The molecule has 2 aromatic rings. The van der Waals surface area contributed by atoms with Gasteiger partial charge in [0.05, 0.1) is 11.7 Å². The Hall–Kier alpha value is -1.30. The van der Waals surface area contributed by atoms with Gasteiger partial charge in [0, 0.05) is 43.0 Å². The fourth-order valence-electron chi connectivity index (χ4n) is 2.20. The van der Waals surface area contributed by atoms with Gasteiger partial charge < -0.3 is 5.32 Å². The Bertz CT molecular complexity index is 511. The molecule has 1 atom stereocenters. The number of nitrogens with zero attached hydrogens (tertiary/aromatic N) is 3. The Morgan fingerprint density at radius 1 is 1.50 bits per heavy atom. The molecule has 18 heavy (non-hydrogen) atoms. The molecule has 5 heteroatoms. The lowest BCUT2D eigenvalue weighted by molar-refractivity contribution is 0.199. The molecule has 0 aliphatic carbocycles. The van der Waals surface area contributed by atoms with Gasteiger partial charge in [-0.15, -0.1) is 11.3 Å². The van der Waals surface area contributed by atoms with Crippen LogP contribution in [0.25, 0.3) is 10.6 Å². The van der Waals surface area contributed by atoms with Gasteiger partial charge in [-0.2, -0.15) is 0 Å². The summed E-state index contributed by atoms with van der Waals surface area (Å²) in [6, 6.07) is 4.39. The first-order valence-electron chi connectivity index (χ1n) is 6.11. The molecule has 1 saturated heterocycles. The number of piperazine rings is 1. The third-order valence-electron chi connectivity index (χ3n) is 3.28. The zero-order chi connectivity index (χ0) is 12.4. The Labute approximate surface area is 111 Å². The van der Waals surface area contributed by atoms with E-state index in [9.17, 15) is 0 Å². The van der Waals surface area contributed by atoms with Crippen LogP contribution in [0.4, 0.5) is 0 Å². The SMILES string of the molecule is CN1CCNCC1c1csc(-c2cccnc2)n1. The maximum absolute atomic E-state index is 4.75. The van der Waals surface area contributed by atoms with Gasteiger partial charge in [-0.1, -0.05) is 0 Å². The Morgan fingerprint density at radius 3 is 3.22 bits per heavy atom. The molecule has 3 rings (SSSR count). The van der Waals surface area contributed by atoms with Crippen LogP contribution in [0, 0.1) is 0 Å². The normalized spacial score (nSPS) is 21.1. The van der Waals surface area contributed by atoms with Crippen molar-refractivity contribution in [3.05, 3.63) is 35.6 Å². The van der Waals surface area contributed by atoms with Crippen molar-refractivity contribution in [3.8, 4) is 10.6 Å². The Balaban J connectivity index is 1.85. The third kappa shape index (κ3) is 2.29. The van der Waals surface area contributed by atoms with E-state index in [2.05, 4.69) is 33.7 Å². The van der Waals surface area contributed by atoms with Crippen LogP contribution in [0.15, 0.2) is 29.9 Å². The summed E-state index contributed by atoms with van der Waals surface area (Å²) in [5.74, 6) is 0. The van der Waals surface area contributed by atoms with Crippen LogP contribution < -0.4 is 5.32 Å². The molecule has 1 aliphatic rings. The van der Waals surface area contributed by atoms with E-state index >= 15 is 0 Å². The number of hydrogen-bond acceptors (Lipinski definition) is 5. The van der Waals surface area contributed by atoms with Crippen molar-refractivity contribution in [2.24, 2.45) is 0 Å². The lowest BCUT2D eigenvalue weighted by Gasteiger charge is -2.31. The molecule has 2 aromatic heterocycles. The number of hydrogen-bond donors (Lipinski definition) is 1. The number of aromatic nitrogens is 2. The summed E-state index contributed by atoms with van der Waals surface area (Å²) in [7, 11) is 2.16. The van der Waals surface area contributed by atoms with Gasteiger partial charge >= 0.3 is 0 Å². The van der Waals surface area contributed by atoms with E-state index in [1.54, 1.807) is 17.5 Å². The molecule has 0 saturated carbocycles. The number of pyridine rings is 1. The van der Waals surface area contributed by atoms with Gasteiger partial charge in [0.2, 0.25) is 0 Å². The quantitative estimate of drug-likeness (QED) is 0.893. The van der Waals surface area contributed by atoms with Crippen LogP contribution >= 0.6 is 11.3 Å². The van der Waals surface area contributed by atoms with E-state index in [4.69, 9.17) is 4.98 Å². The van der Waals surface area contributed by atoms with Crippen molar-refractivity contribution in [1.82, 2.24) is 20.2 Å². The number of likely N-dealkylation sites (N-methyl/N-ethyl adjacent to an activating group) is 1. The van der Waals surface area contributed by atoms with Crippen molar-refractivity contribution in [2.75, 3.05) is 26.7 Å². The summed E-state index contributed by atoms with van der Waals surface area (Å²) < 4.78 is 0. The average Bonchev–Trinajstić information content (AvgIpc) is 2.90. The molecular formula is C13H16N4S. The number of nitrogens with one attached hydrogen (secondary N) is 1. The second kappa shape index (κ2) is 5.14. The van der Waals surface area contributed by atoms with E-state index in [-0.39, 0.29) is 0 Å². The minimum Gasteiger partial charge on any atom is -0.313 e. The minimum atomic E-state index is 0.389. The highest BCUT2D eigenvalue weighted by molar-refractivity contribution is 7.13. The van der Waals surface area contributed by atoms with E-state index < -0.39 is 0 Å². The van der Waals surface area contributed by atoms with E-state index in [1.165, 1.54) is 0 Å². The summed E-state index contributed by atoms with van der Waals surface area (Å²) >= 11 is 1.69. The molecule has 94 valence electrons. The van der Waals surface area contributed by atoms with Gasteiger partial charge in [0.25, 0.3) is 0 Å². The average molecular weight is 260 g/mol. The Kier molecular flexibility index (Phi) is 3.36. The van der Waals surface area contributed by atoms with Crippen molar-refractivity contribution >= 4 is 11.3 Å².